The van der Waals surface area contributed by atoms with Crippen molar-refractivity contribution in [2.75, 3.05) is 11.9 Å². The van der Waals surface area contributed by atoms with E-state index in [1.54, 1.807) is 0 Å². The van der Waals surface area contributed by atoms with E-state index in [1.807, 2.05) is 32.9 Å². The van der Waals surface area contributed by atoms with Crippen LogP contribution < -0.4 is 10.6 Å². The summed E-state index contributed by atoms with van der Waals surface area (Å²) in [6, 6.07) is 3.94. The van der Waals surface area contributed by atoms with E-state index < -0.39 is 11.8 Å². The van der Waals surface area contributed by atoms with Gasteiger partial charge in [-0.3, -0.25) is 9.59 Å². The molecule has 23 heavy (non-hydrogen) atoms. The molecule has 0 spiro atoms. The van der Waals surface area contributed by atoms with E-state index in [1.165, 1.54) is 0 Å². The lowest BCUT2D eigenvalue weighted by Crippen LogP contribution is -2.41. The third kappa shape index (κ3) is 4.55. The minimum Gasteiger partial charge on any atom is -0.393 e. The molecule has 1 aliphatic carbocycles. The van der Waals surface area contributed by atoms with Crippen LogP contribution in [-0.2, 0) is 9.59 Å². The largest absolute Gasteiger partial charge is 0.393 e. The van der Waals surface area contributed by atoms with Gasteiger partial charge in [-0.1, -0.05) is 30.5 Å². The van der Waals surface area contributed by atoms with Crippen LogP contribution in [0, 0.1) is 26.7 Å². The molecule has 0 heterocycles. The Labute approximate surface area is 137 Å². The lowest BCUT2D eigenvalue weighted by molar-refractivity contribution is -0.136. The molecular formula is C18H26N2O3. The molecule has 2 amide bonds. The Morgan fingerprint density at radius 3 is 2.30 bits per heavy atom. The van der Waals surface area contributed by atoms with Gasteiger partial charge in [0.1, 0.15) is 0 Å². The number of aliphatic hydroxyl groups excluding tert-OH is 1. The minimum absolute atomic E-state index is 0.0448. The predicted molar refractivity (Wildman–Crippen MR) is 90.3 cm³/mol. The molecule has 5 heteroatoms. The van der Waals surface area contributed by atoms with Crippen LogP contribution in [0.4, 0.5) is 5.69 Å². The Balaban J connectivity index is 1.91. The lowest BCUT2D eigenvalue weighted by atomic mass is 9.86. The van der Waals surface area contributed by atoms with Crippen LogP contribution in [0.3, 0.4) is 0 Å². The zero-order valence-electron chi connectivity index (χ0n) is 14.1. The van der Waals surface area contributed by atoms with Crippen LogP contribution in [0.15, 0.2) is 12.1 Å². The molecule has 1 aliphatic rings. The third-order valence-corrected chi connectivity index (χ3v) is 4.52. The van der Waals surface area contributed by atoms with Gasteiger partial charge in [-0.05, 0) is 44.7 Å². The first-order chi connectivity index (χ1) is 10.9. The van der Waals surface area contributed by atoms with Crippen LogP contribution in [0.1, 0.15) is 42.4 Å². The van der Waals surface area contributed by atoms with Gasteiger partial charge in [-0.25, -0.2) is 0 Å². The monoisotopic (exact) mass is 318 g/mol. The second kappa shape index (κ2) is 7.59. The number of anilines is 1. The first-order valence-electron chi connectivity index (χ1n) is 8.23. The van der Waals surface area contributed by atoms with Crippen molar-refractivity contribution in [3.05, 3.63) is 28.8 Å². The molecule has 1 saturated carbocycles. The third-order valence-electron chi connectivity index (χ3n) is 4.52. The number of nitrogens with one attached hydrogen (secondary N) is 2. The molecule has 0 bridgehead atoms. The van der Waals surface area contributed by atoms with E-state index in [0.717, 1.165) is 42.4 Å². The van der Waals surface area contributed by atoms with Gasteiger partial charge in [0.2, 0.25) is 0 Å². The van der Waals surface area contributed by atoms with Crippen molar-refractivity contribution in [1.29, 1.82) is 0 Å². The summed E-state index contributed by atoms with van der Waals surface area (Å²) in [5, 5.41) is 15.2. The van der Waals surface area contributed by atoms with Crippen LogP contribution >= 0.6 is 0 Å². The number of benzene rings is 1. The van der Waals surface area contributed by atoms with Crippen molar-refractivity contribution >= 4 is 17.5 Å². The number of rotatable bonds is 3. The van der Waals surface area contributed by atoms with Crippen molar-refractivity contribution in [2.45, 2.75) is 52.6 Å². The highest BCUT2D eigenvalue weighted by molar-refractivity contribution is 6.39. The van der Waals surface area contributed by atoms with Gasteiger partial charge in [0, 0.05) is 18.2 Å². The Morgan fingerprint density at radius 1 is 1.09 bits per heavy atom. The molecule has 0 aromatic heterocycles. The summed E-state index contributed by atoms with van der Waals surface area (Å²) in [6.07, 6.45) is 3.37. The molecule has 0 saturated heterocycles. The number of aryl methyl sites for hydroxylation is 3. The highest BCUT2D eigenvalue weighted by Gasteiger charge is 2.24. The fourth-order valence-electron chi connectivity index (χ4n) is 3.28. The Hall–Kier alpha value is -1.88. The number of carbonyl (C=O) groups is 2. The van der Waals surface area contributed by atoms with Gasteiger partial charge in [0.25, 0.3) is 0 Å². The van der Waals surface area contributed by atoms with Crippen LogP contribution in [0.5, 0.6) is 0 Å². The van der Waals surface area contributed by atoms with Gasteiger partial charge in [-0.2, -0.15) is 0 Å². The normalized spacial score (nSPS) is 20.9. The summed E-state index contributed by atoms with van der Waals surface area (Å²) < 4.78 is 0. The predicted octanol–water partition coefficient (Wildman–Crippen LogP) is 2.22. The van der Waals surface area contributed by atoms with Crippen molar-refractivity contribution in [2.24, 2.45) is 5.92 Å². The van der Waals surface area contributed by atoms with E-state index in [2.05, 4.69) is 10.6 Å². The second-order valence-electron chi connectivity index (χ2n) is 6.55. The fourth-order valence-corrected chi connectivity index (χ4v) is 3.28. The minimum atomic E-state index is -0.662. The van der Waals surface area contributed by atoms with Crippen molar-refractivity contribution in [3.63, 3.8) is 0 Å². The molecule has 3 N–H and O–H groups in total. The maximum absolute atomic E-state index is 12.1. The molecule has 0 aliphatic heterocycles. The Morgan fingerprint density at radius 2 is 1.70 bits per heavy atom. The highest BCUT2D eigenvalue weighted by atomic mass is 16.3. The number of aliphatic hydroxyl groups is 1. The van der Waals surface area contributed by atoms with E-state index >= 15 is 0 Å². The number of hydrogen-bond donors (Lipinski definition) is 3. The van der Waals surface area contributed by atoms with Gasteiger partial charge in [0.15, 0.2) is 0 Å². The Bertz CT molecular complexity index is 575. The van der Waals surface area contributed by atoms with Crippen LogP contribution in [0.2, 0.25) is 0 Å². The SMILES string of the molecule is Cc1cc(C)c(NC(=O)C(=O)NC[C@H]2CCCC[C@@H]2O)c(C)c1. The van der Waals surface area contributed by atoms with Gasteiger partial charge >= 0.3 is 11.8 Å². The van der Waals surface area contributed by atoms with Crippen LogP contribution in [-0.4, -0.2) is 29.6 Å². The zero-order valence-corrected chi connectivity index (χ0v) is 14.1. The number of amides is 2. The second-order valence-corrected chi connectivity index (χ2v) is 6.55. The smallest absolute Gasteiger partial charge is 0.313 e. The highest BCUT2D eigenvalue weighted by Crippen LogP contribution is 2.24. The fraction of sp³-hybridized carbons (Fsp3) is 0.556. The Kier molecular flexibility index (Phi) is 5.77. The average molecular weight is 318 g/mol. The maximum atomic E-state index is 12.1. The molecular weight excluding hydrogens is 292 g/mol. The molecule has 0 radical (unpaired) electrons. The van der Waals surface area contributed by atoms with Crippen molar-refractivity contribution in [3.8, 4) is 0 Å². The first-order valence-corrected chi connectivity index (χ1v) is 8.23. The zero-order chi connectivity index (χ0) is 17.0. The van der Waals surface area contributed by atoms with Crippen LogP contribution in [0.25, 0.3) is 0 Å². The van der Waals surface area contributed by atoms with Gasteiger partial charge < -0.3 is 15.7 Å². The first kappa shape index (κ1) is 17.5. The molecule has 1 aromatic rings. The topological polar surface area (TPSA) is 78.4 Å². The molecule has 2 atom stereocenters. The van der Waals surface area contributed by atoms with Crippen molar-refractivity contribution < 1.29 is 14.7 Å². The summed E-state index contributed by atoms with van der Waals surface area (Å²) in [7, 11) is 0. The summed E-state index contributed by atoms with van der Waals surface area (Å²) in [6.45, 7) is 6.16. The van der Waals surface area contributed by atoms with E-state index in [4.69, 9.17) is 0 Å². The maximum Gasteiger partial charge on any atom is 0.313 e. The summed E-state index contributed by atoms with van der Waals surface area (Å²) in [4.78, 5) is 24.1. The van der Waals surface area contributed by atoms with E-state index in [9.17, 15) is 14.7 Å². The number of hydrogen-bond acceptors (Lipinski definition) is 3. The van der Waals surface area contributed by atoms with Gasteiger partial charge in [-0.15, -0.1) is 0 Å². The molecule has 126 valence electrons. The summed E-state index contributed by atoms with van der Waals surface area (Å²) in [5.41, 5.74) is 3.68. The summed E-state index contributed by atoms with van der Waals surface area (Å²) in [5.74, 6) is -1.27. The lowest BCUT2D eigenvalue weighted by Gasteiger charge is -2.27. The van der Waals surface area contributed by atoms with E-state index in [0.29, 0.717) is 12.2 Å². The van der Waals surface area contributed by atoms with E-state index in [-0.39, 0.29) is 12.0 Å². The van der Waals surface area contributed by atoms with Gasteiger partial charge in [0.05, 0.1) is 6.10 Å². The quantitative estimate of drug-likeness (QED) is 0.748. The molecule has 1 aromatic carbocycles. The molecule has 2 rings (SSSR count). The molecule has 0 unspecified atom stereocenters. The average Bonchev–Trinajstić information content (AvgIpc) is 2.49. The standard InChI is InChI=1S/C18H26N2O3/c1-11-8-12(2)16(13(3)9-11)20-18(23)17(22)19-10-14-6-4-5-7-15(14)21/h8-9,14-15,21H,4-7,10H2,1-3H3,(H,19,22)(H,20,23)/t14-,15+/m1/s1. The molecule has 5 nitrogen and oxygen atoms in total. The molecule has 1 fully saturated rings. The number of carbonyl (C=O) groups excluding carboxylic acids is 2. The van der Waals surface area contributed by atoms with Crippen molar-refractivity contribution in [1.82, 2.24) is 5.32 Å². The summed E-state index contributed by atoms with van der Waals surface area (Å²) >= 11 is 0.